The van der Waals surface area contributed by atoms with Crippen molar-refractivity contribution in [1.29, 1.82) is 0 Å². The number of carboxylic acids is 1. The minimum absolute atomic E-state index is 0.0625. The molecular weight excluding hydrogens is 286 g/mol. The molecule has 1 fully saturated rings. The van der Waals surface area contributed by atoms with Gasteiger partial charge in [-0.05, 0) is 12.8 Å². The van der Waals surface area contributed by atoms with Crippen molar-refractivity contribution in [3.8, 4) is 0 Å². The van der Waals surface area contributed by atoms with Gasteiger partial charge in [-0.3, -0.25) is 9.59 Å². The maximum absolute atomic E-state index is 12.2. The van der Waals surface area contributed by atoms with Gasteiger partial charge < -0.3 is 10.4 Å². The fraction of sp³-hybridized carbons (Fsp3) is 0.818. The molecule has 0 aliphatic carbocycles. The van der Waals surface area contributed by atoms with Crippen molar-refractivity contribution in [3.63, 3.8) is 0 Å². The van der Waals surface area contributed by atoms with Gasteiger partial charge in [-0.1, -0.05) is 0 Å². The molecule has 1 rings (SSSR count). The third kappa shape index (κ3) is 4.15. The monoisotopic (exact) mass is 307 g/mol. The van der Waals surface area contributed by atoms with Crippen molar-refractivity contribution >= 4 is 22.1 Å². The molecule has 0 saturated carbocycles. The maximum Gasteiger partial charge on any atom is 0.304 e. The minimum atomic E-state index is -3.64. The van der Waals surface area contributed by atoms with Crippen LogP contribution in [-0.4, -0.2) is 67.7 Å². The van der Waals surface area contributed by atoms with Gasteiger partial charge in [0.2, 0.25) is 5.91 Å². The van der Waals surface area contributed by atoms with E-state index in [1.54, 1.807) is 7.05 Å². The number of nitrogens with one attached hydrogen (secondary N) is 1. The van der Waals surface area contributed by atoms with Crippen molar-refractivity contribution in [3.05, 3.63) is 0 Å². The number of nitrogens with zero attached hydrogens (tertiary/aromatic N) is 2. The van der Waals surface area contributed by atoms with E-state index in [1.165, 1.54) is 11.4 Å². The zero-order valence-electron chi connectivity index (χ0n) is 11.7. The minimum Gasteiger partial charge on any atom is -0.481 e. The molecule has 0 atom stereocenters. The van der Waals surface area contributed by atoms with E-state index >= 15 is 0 Å². The van der Waals surface area contributed by atoms with Crippen LogP contribution in [0.1, 0.15) is 19.3 Å². The van der Waals surface area contributed by atoms with Crippen LogP contribution in [0.25, 0.3) is 0 Å². The molecule has 0 radical (unpaired) electrons. The second kappa shape index (κ2) is 7.00. The highest BCUT2D eigenvalue weighted by Gasteiger charge is 2.33. The Bertz CT molecular complexity index is 457. The molecule has 1 aliphatic rings. The van der Waals surface area contributed by atoms with Gasteiger partial charge in [0.05, 0.1) is 6.42 Å². The van der Waals surface area contributed by atoms with Crippen molar-refractivity contribution in [2.75, 3.05) is 33.7 Å². The number of piperidine rings is 1. The highest BCUT2D eigenvalue weighted by molar-refractivity contribution is 7.86. The van der Waals surface area contributed by atoms with E-state index < -0.39 is 16.2 Å². The molecule has 1 saturated heterocycles. The van der Waals surface area contributed by atoms with Gasteiger partial charge in [0.25, 0.3) is 10.2 Å². The Balaban J connectivity index is 2.58. The molecule has 0 aromatic rings. The zero-order valence-corrected chi connectivity index (χ0v) is 12.5. The number of carbonyl (C=O) groups excluding carboxylic acids is 1. The lowest BCUT2D eigenvalue weighted by Gasteiger charge is -2.32. The Morgan fingerprint density at radius 2 is 1.90 bits per heavy atom. The van der Waals surface area contributed by atoms with Gasteiger partial charge in [0.1, 0.15) is 0 Å². The summed E-state index contributed by atoms with van der Waals surface area (Å²) >= 11 is 0. The fourth-order valence-electron chi connectivity index (χ4n) is 2.12. The van der Waals surface area contributed by atoms with Crippen LogP contribution in [0.5, 0.6) is 0 Å². The summed E-state index contributed by atoms with van der Waals surface area (Å²) in [6.07, 6.45) is 0.724. The molecule has 1 amide bonds. The Labute approximate surface area is 118 Å². The Morgan fingerprint density at radius 3 is 2.35 bits per heavy atom. The molecular formula is C11H21N3O5S. The first-order valence-electron chi connectivity index (χ1n) is 6.43. The number of rotatable bonds is 6. The van der Waals surface area contributed by atoms with Crippen LogP contribution in [0.3, 0.4) is 0 Å². The predicted octanol–water partition coefficient (Wildman–Crippen LogP) is -0.904. The lowest BCUT2D eigenvalue weighted by Crippen LogP contribution is -2.47. The Kier molecular flexibility index (Phi) is 5.90. The summed E-state index contributed by atoms with van der Waals surface area (Å²) in [5, 5.41) is 11.1. The van der Waals surface area contributed by atoms with Crippen LogP contribution in [0.15, 0.2) is 0 Å². The number of hydrogen-bond donors (Lipinski definition) is 2. The summed E-state index contributed by atoms with van der Waals surface area (Å²) in [5.74, 6) is -1.26. The molecule has 1 aliphatic heterocycles. The van der Waals surface area contributed by atoms with Crippen LogP contribution in [0.2, 0.25) is 0 Å². The van der Waals surface area contributed by atoms with Crippen molar-refractivity contribution < 1.29 is 23.1 Å². The van der Waals surface area contributed by atoms with E-state index in [4.69, 9.17) is 5.11 Å². The molecule has 20 heavy (non-hydrogen) atoms. The molecule has 0 bridgehead atoms. The van der Waals surface area contributed by atoms with Gasteiger partial charge in [-0.15, -0.1) is 0 Å². The first-order chi connectivity index (χ1) is 9.28. The number of amides is 1. The van der Waals surface area contributed by atoms with Crippen molar-refractivity contribution in [1.82, 2.24) is 13.9 Å². The molecule has 116 valence electrons. The predicted molar refractivity (Wildman–Crippen MR) is 72.2 cm³/mol. The fourth-order valence-corrected chi connectivity index (χ4v) is 3.51. The summed E-state index contributed by atoms with van der Waals surface area (Å²) in [6, 6.07) is 0. The average Bonchev–Trinajstić information content (AvgIpc) is 2.43. The summed E-state index contributed by atoms with van der Waals surface area (Å²) in [5.41, 5.74) is 0. The van der Waals surface area contributed by atoms with Gasteiger partial charge in [-0.25, -0.2) is 0 Å². The third-order valence-corrected chi connectivity index (χ3v) is 5.42. The topological polar surface area (TPSA) is 107 Å². The molecule has 1 heterocycles. The largest absolute Gasteiger partial charge is 0.481 e. The van der Waals surface area contributed by atoms with E-state index in [2.05, 4.69) is 5.32 Å². The quantitative estimate of drug-likeness (QED) is 0.661. The smallest absolute Gasteiger partial charge is 0.304 e. The third-order valence-electron chi connectivity index (χ3n) is 3.43. The Hall–Kier alpha value is -1.19. The normalized spacial score (nSPS) is 18.1. The zero-order chi connectivity index (χ0) is 15.3. The SMILES string of the molecule is CNC(=O)C1CCN(S(=O)(=O)N(C)CCC(=O)O)CC1. The van der Waals surface area contributed by atoms with Crippen molar-refractivity contribution in [2.24, 2.45) is 5.92 Å². The molecule has 0 unspecified atom stereocenters. The highest BCUT2D eigenvalue weighted by atomic mass is 32.2. The highest BCUT2D eigenvalue weighted by Crippen LogP contribution is 2.21. The molecule has 0 aromatic heterocycles. The average molecular weight is 307 g/mol. The van der Waals surface area contributed by atoms with Crippen LogP contribution >= 0.6 is 0 Å². The standard InChI is InChI=1S/C11H21N3O5S/c1-12-11(17)9-3-7-14(8-4-9)20(18,19)13(2)6-5-10(15)16/h9H,3-8H2,1-2H3,(H,12,17)(H,15,16). The summed E-state index contributed by atoms with van der Waals surface area (Å²) < 4.78 is 26.7. The van der Waals surface area contributed by atoms with Gasteiger partial charge in [0.15, 0.2) is 0 Å². The van der Waals surface area contributed by atoms with E-state index in [0.717, 1.165) is 4.31 Å². The van der Waals surface area contributed by atoms with E-state index in [9.17, 15) is 18.0 Å². The van der Waals surface area contributed by atoms with Crippen LogP contribution < -0.4 is 5.32 Å². The van der Waals surface area contributed by atoms with Gasteiger partial charge >= 0.3 is 5.97 Å². The summed E-state index contributed by atoms with van der Waals surface area (Å²) in [6.45, 7) is 0.489. The summed E-state index contributed by atoms with van der Waals surface area (Å²) in [7, 11) is -0.717. The first kappa shape index (κ1) is 16.9. The van der Waals surface area contributed by atoms with E-state index in [0.29, 0.717) is 12.8 Å². The second-order valence-corrected chi connectivity index (χ2v) is 6.80. The van der Waals surface area contributed by atoms with E-state index in [1.807, 2.05) is 0 Å². The summed E-state index contributed by atoms with van der Waals surface area (Å²) in [4.78, 5) is 22.0. The van der Waals surface area contributed by atoms with E-state index in [-0.39, 0.29) is 37.9 Å². The van der Waals surface area contributed by atoms with Crippen molar-refractivity contribution in [2.45, 2.75) is 19.3 Å². The molecule has 0 spiro atoms. The lowest BCUT2D eigenvalue weighted by atomic mass is 9.97. The van der Waals surface area contributed by atoms with Crippen LogP contribution in [0.4, 0.5) is 0 Å². The number of hydrogen-bond acceptors (Lipinski definition) is 4. The first-order valence-corrected chi connectivity index (χ1v) is 7.83. The van der Waals surface area contributed by atoms with Gasteiger partial charge in [0, 0.05) is 39.6 Å². The molecule has 8 nitrogen and oxygen atoms in total. The molecule has 0 aromatic carbocycles. The molecule has 2 N–H and O–H groups in total. The van der Waals surface area contributed by atoms with Gasteiger partial charge in [-0.2, -0.15) is 17.0 Å². The second-order valence-electron chi connectivity index (χ2n) is 4.76. The number of carbonyl (C=O) groups is 2. The maximum atomic E-state index is 12.2. The number of aliphatic carboxylic acids is 1. The van der Waals surface area contributed by atoms with Crippen LogP contribution in [-0.2, 0) is 19.8 Å². The Morgan fingerprint density at radius 1 is 1.35 bits per heavy atom. The molecule has 9 heteroatoms. The number of carboxylic acid groups (broad SMARTS) is 1. The van der Waals surface area contributed by atoms with Crippen LogP contribution in [0, 0.1) is 5.92 Å². The lowest BCUT2D eigenvalue weighted by molar-refractivity contribution is -0.137.